The molecule has 0 fully saturated rings. The van der Waals surface area contributed by atoms with Crippen molar-refractivity contribution >= 4 is 5.97 Å². The number of esters is 1. The second-order valence-electron chi connectivity index (χ2n) is 3.94. The molecule has 0 atom stereocenters. The van der Waals surface area contributed by atoms with Gasteiger partial charge in [0.05, 0.1) is 5.56 Å². The van der Waals surface area contributed by atoms with Gasteiger partial charge in [0.1, 0.15) is 17.2 Å². The molecule has 0 aliphatic heterocycles. The largest absolute Gasteiger partial charge is 0.508 e. The van der Waals surface area contributed by atoms with Gasteiger partial charge in [-0.2, -0.15) is 0 Å². The normalized spacial score (nSPS) is 10.2. The van der Waals surface area contributed by atoms with Gasteiger partial charge in [-0.05, 0) is 12.1 Å². The van der Waals surface area contributed by atoms with Gasteiger partial charge in [0.15, 0.2) is 17.2 Å². The average molecular weight is 278 g/mol. The molecule has 2 aromatic rings. The Labute approximate surface area is 112 Å². The highest BCUT2D eigenvalue weighted by Crippen LogP contribution is 2.35. The first-order valence-corrected chi connectivity index (χ1v) is 5.37. The number of carbonyl (C=O) groups excluding carboxylic acids is 1. The van der Waals surface area contributed by atoms with Crippen molar-refractivity contribution in [1.29, 1.82) is 0 Å². The summed E-state index contributed by atoms with van der Waals surface area (Å²) in [4.78, 5) is 11.8. The summed E-state index contributed by atoms with van der Waals surface area (Å²) >= 11 is 0. The van der Waals surface area contributed by atoms with Crippen molar-refractivity contribution in [3.05, 3.63) is 35.9 Å². The number of phenols is 5. The molecule has 0 aliphatic carbocycles. The summed E-state index contributed by atoms with van der Waals surface area (Å²) in [5.41, 5.74) is -0.222. The van der Waals surface area contributed by atoms with E-state index in [2.05, 4.69) is 0 Å². The zero-order valence-corrected chi connectivity index (χ0v) is 9.94. The predicted octanol–water partition coefficient (Wildman–Crippen LogP) is 1.43. The minimum absolute atomic E-state index is 0.125. The lowest BCUT2D eigenvalue weighted by atomic mass is 10.2. The number of ether oxygens (including phenoxy) is 1. The van der Waals surface area contributed by atoms with E-state index < -0.39 is 23.2 Å². The van der Waals surface area contributed by atoms with Gasteiger partial charge in [-0.25, -0.2) is 4.79 Å². The van der Waals surface area contributed by atoms with Gasteiger partial charge in [0.2, 0.25) is 0 Å². The Hall–Kier alpha value is -3.09. The first kappa shape index (κ1) is 13.3. The fourth-order valence-electron chi connectivity index (χ4n) is 1.51. The number of benzene rings is 2. The van der Waals surface area contributed by atoms with E-state index in [1.54, 1.807) is 0 Å². The lowest BCUT2D eigenvalue weighted by Gasteiger charge is -2.07. The molecule has 0 amide bonds. The molecule has 0 bridgehead atoms. The van der Waals surface area contributed by atoms with Crippen LogP contribution in [0, 0.1) is 0 Å². The third-order valence-electron chi connectivity index (χ3n) is 2.39. The zero-order valence-electron chi connectivity index (χ0n) is 9.94. The van der Waals surface area contributed by atoms with Crippen LogP contribution in [-0.2, 0) is 0 Å². The van der Waals surface area contributed by atoms with Gasteiger partial charge in [0, 0.05) is 18.2 Å². The molecule has 0 saturated heterocycles. The van der Waals surface area contributed by atoms with Gasteiger partial charge in [0.25, 0.3) is 0 Å². The number of rotatable bonds is 2. The SMILES string of the molecule is O=C(Oc1cc(O)cc(O)c1)c1cc(O)c(O)c(O)c1. The molecule has 0 aromatic heterocycles. The van der Waals surface area contributed by atoms with Crippen LogP contribution < -0.4 is 4.74 Å². The van der Waals surface area contributed by atoms with Crippen LogP contribution in [-0.4, -0.2) is 31.5 Å². The topological polar surface area (TPSA) is 127 Å². The molecule has 0 unspecified atom stereocenters. The smallest absolute Gasteiger partial charge is 0.343 e. The molecule has 2 rings (SSSR count). The maximum Gasteiger partial charge on any atom is 0.343 e. The molecule has 7 heteroatoms. The number of hydrogen-bond donors (Lipinski definition) is 5. The Bertz CT molecular complexity index is 635. The predicted molar refractivity (Wildman–Crippen MR) is 66.2 cm³/mol. The van der Waals surface area contributed by atoms with E-state index in [0.717, 1.165) is 30.3 Å². The third-order valence-corrected chi connectivity index (χ3v) is 2.39. The van der Waals surface area contributed by atoms with Gasteiger partial charge in [-0.1, -0.05) is 0 Å². The molecule has 104 valence electrons. The number of hydrogen-bond acceptors (Lipinski definition) is 7. The highest BCUT2D eigenvalue weighted by atomic mass is 16.5. The van der Waals surface area contributed by atoms with Crippen molar-refractivity contribution in [2.75, 3.05) is 0 Å². The van der Waals surface area contributed by atoms with Gasteiger partial charge >= 0.3 is 5.97 Å². The Morgan fingerprint density at radius 2 is 1.30 bits per heavy atom. The summed E-state index contributed by atoms with van der Waals surface area (Å²) in [6, 6.07) is 5.05. The van der Waals surface area contributed by atoms with Crippen molar-refractivity contribution in [2.24, 2.45) is 0 Å². The van der Waals surface area contributed by atoms with E-state index >= 15 is 0 Å². The lowest BCUT2D eigenvalue weighted by molar-refractivity contribution is 0.0733. The number of phenolic OH excluding ortho intramolecular Hbond substituents is 5. The molecular formula is C13H10O7. The maximum atomic E-state index is 11.8. The molecule has 7 nitrogen and oxygen atoms in total. The summed E-state index contributed by atoms with van der Waals surface area (Å²) in [5.74, 6) is -3.81. The molecule has 20 heavy (non-hydrogen) atoms. The van der Waals surface area contributed by atoms with E-state index in [1.807, 2.05) is 0 Å². The summed E-state index contributed by atoms with van der Waals surface area (Å²) < 4.78 is 4.85. The molecule has 0 radical (unpaired) electrons. The van der Waals surface area contributed by atoms with Crippen LogP contribution in [0.3, 0.4) is 0 Å². The summed E-state index contributed by atoms with van der Waals surface area (Å²) in [6.07, 6.45) is 0. The van der Waals surface area contributed by atoms with E-state index in [9.17, 15) is 25.2 Å². The molecule has 0 heterocycles. The Morgan fingerprint density at radius 1 is 0.800 bits per heavy atom. The molecular weight excluding hydrogens is 268 g/mol. The minimum Gasteiger partial charge on any atom is -0.508 e. The van der Waals surface area contributed by atoms with Crippen molar-refractivity contribution < 1.29 is 35.1 Å². The van der Waals surface area contributed by atoms with Gasteiger partial charge in [-0.3, -0.25) is 0 Å². The van der Waals surface area contributed by atoms with Gasteiger partial charge in [-0.15, -0.1) is 0 Å². The van der Waals surface area contributed by atoms with E-state index in [0.29, 0.717) is 0 Å². The minimum atomic E-state index is -0.958. The van der Waals surface area contributed by atoms with E-state index in [-0.39, 0.29) is 22.8 Å². The fourth-order valence-corrected chi connectivity index (χ4v) is 1.51. The summed E-state index contributed by atoms with van der Waals surface area (Å²) in [7, 11) is 0. The van der Waals surface area contributed by atoms with Crippen molar-refractivity contribution in [2.45, 2.75) is 0 Å². The van der Waals surface area contributed by atoms with Crippen LogP contribution in [0.4, 0.5) is 0 Å². The Kier molecular flexibility index (Phi) is 3.26. The van der Waals surface area contributed by atoms with Crippen LogP contribution in [0.15, 0.2) is 30.3 Å². The summed E-state index contributed by atoms with van der Waals surface area (Å²) in [6.45, 7) is 0. The summed E-state index contributed by atoms with van der Waals surface area (Å²) in [5, 5.41) is 46.2. The van der Waals surface area contributed by atoms with Crippen LogP contribution in [0.1, 0.15) is 10.4 Å². The number of carbonyl (C=O) groups is 1. The fraction of sp³-hybridized carbons (Fsp3) is 0. The maximum absolute atomic E-state index is 11.8. The molecule has 0 spiro atoms. The Morgan fingerprint density at radius 3 is 1.80 bits per heavy atom. The first-order chi connectivity index (χ1) is 9.36. The van der Waals surface area contributed by atoms with Crippen molar-refractivity contribution in [1.82, 2.24) is 0 Å². The average Bonchev–Trinajstić information content (AvgIpc) is 2.33. The monoisotopic (exact) mass is 278 g/mol. The van der Waals surface area contributed by atoms with Gasteiger partial charge < -0.3 is 30.3 Å². The molecule has 2 aromatic carbocycles. The van der Waals surface area contributed by atoms with Crippen molar-refractivity contribution in [3.8, 4) is 34.5 Å². The Balaban J connectivity index is 2.28. The second kappa shape index (κ2) is 4.88. The molecule has 0 saturated carbocycles. The standard InChI is InChI=1S/C13H10O7/c14-7-3-8(15)5-9(4-7)20-13(19)6-1-10(16)12(18)11(17)2-6/h1-5,14-18H. The zero-order chi connectivity index (χ0) is 14.9. The number of aromatic hydroxyl groups is 5. The highest BCUT2D eigenvalue weighted by Gasteiger charge is 2.15. The lowest BCUT2D eigenvalue weighted by Crippen LogP contribution is -2.08. The molecule has 0 aliphatic rings. The molecule has 5 N–H and O–H groups in total. The van der Waals surface area contributed by atoms with Crippen molar-refractivity contribution in [3.63, 3.8) is 0 Å². The van der Waals surface area contributed by atoms with Crippen LogP contribution in [0.2, 0.25) is 0 Å². The van der Waals surface area contributed by atoms with E-state index in [1.165, 1.54) is 0 Å². The van der Waals surface area contributed by atoms with Crippen LogP contribution in [0.5, 0.6) is 34.5 Å². The quantitative estimate of drug-likeness (QED) is 0.319. The van der Waals surface area contributed by atoms with Crippen LogP contribution >= 0.6 is 0 Å². The third kappa shape index (κ3) is 2.66. The van der Waals surface area contributed by atoms with E-state index in [4.69, 9.17) is 9.84 Å². The first-order valence-electron chi connectivity index (χ1n) is 5.37. The highest BCUT2D eigenvalue weighted by molar-refractivity contribution is 5.92. The van der Waals surface area contributed by atoms with Crippen LogP contribution in [0.25, 0.3) is 0 Å². The second-order valence-corrected chi connectivity index (χ2v) is 3.94.